The topological polar surface area (TPSA) is 92.8 Å². The maximum atomic E-state index is 13.1. The van der Waals surface area contributed by atoms with Crippen LogP contribution in [0.25, 0.3) is 0 Å². The Bertz CT molecular complexity index is 1130. The number of rotatable bonds is 10. The number of unbranched alkanes of at least 4 members (excludes halogenated alkanes) is 1. The van der Waals surface area contributed by atoms with E-state index in [2.05, 4.69) is 11.6 Å². The first-order valence-electron chi connectivity index (χ1n) is 12.4. The summed E-state index contributed by atoms with van der Waals surface area (Å²) in [6, 6.07) is 11.9. The van der Waals surface area contributed by atoms with E-state index >= 15 is 0 Å². The molecule has 1 atom stereocenters. The molecule has 1 aliphatic heterocycles. The second-order valence-electron chi connectivity index (χ2n) is 9.11. The van der Waals surface area contributed by atoms with Crippen LogP contribution < -0.4 is 4.72 Å². The van der Waals surface area contributed by atoms with Crippen molar-refractivity contribution in [1.29, 1.82) is 0 Å². The molecule has 0 aromatic heterocycles. The smallest absolute Gasteiger partial charge is 0.338 e. The fourth-order valence-electron chi connectivity index (χ4n) is 4.39. The zero-order valence-corrected chi connectivity index (χ0v) is 21.7. The highest BCUT2D eigenvalue weighted by Gasteiger charge is 2.26. The highest BCUT2D eigenvalue weighted by atomic mass is 32.2. The van der Waals surface area contributed by atoms with Gasteiger partial charge in [-0.05, 0) is 80.8 Å². The van der Waals surface area contributed by atoms with Gasteiger partial charge in [-0.1, -0.05) is 38.5 Å². The summed E-state index contributed by atoms with van der Waals surface area (Å²) in [5.74, 6) is -0.936. The van der Waals surface area contributed by atoms with E-state index < -0.39 is 16.0 Å². The minimum Gasteiger partial charge on any atom is -0.452 e. The lowest BCUT2D eigenvalue weighted by atomic mass is 10.00. The van der Waals surface area contributed by atoms with Crippen molar-refractivity contribution >= 4 is 27.6 Å². The molecule has 2 aromatic carbocycles. The average Bonchev–Trinajstić information content (AvgIpc) is 2.86. The summed E-state index contributed by atoms with van der Waals surface area (Å²) < 4.78 is 34.0. The Balaban J connectivity index is 1.67. The molecule has 0 radical (unpaired) electrons. The van der Waals surface area contributed by atoms with Gasteiger partial charge in [-0.15, -0.1) is 0 Å². The number of piperidine rings is 1. The van der Waals surface area contributed by atoms with Crippen molar-refractivity contribution < 1.29 is 22.7 Å². The summed E-state index contributed by atoms with van der Waals surface area (Å²) in [5, 5.41) is 0. The Morgan fingerprint density at radius 2 is 1.83 bits per heavy atom. The molecule has 1 unspecified atom stereocenters. The third-order valence-corrected chi connectivity index (χ3v) is 8.01. The number of hydrogen-bond acceptors (Lipinski definition) is 5. The van der Waals surface area contributed by atoms with Gasteiger partial charge in [0.25, 0.3) is 15.9 Å². The molecule has 0 spiro atoms. The maximum absolute atomic E-state index is 13.1. The van der Waals surface area contributed by atoms with Crippen molar-refractivity contribution in [1.82, 2.24) is 4.90 Å². The Hall–Kier alpha value is -2.87. The molecule has 0 bridgehead atoms. The van der Waals surface area contributed by atoms with E-state index in [0.29, 0.717) is 17.8 Å². The molecule has 1 fully saturated rings. The number of benzene rings is 2. The van der Waals surface area contributed by atoms with E-state index in [9.17, 15) is 18.0 Å². The number of hydrogen-bond donors (Lipinski definition) is 1. The average molecular weight is 501 g/mol. The lowest BCUT2D eigenvalue weighted by Gasteiger charge is -2.35. The Morgan fingerprint density at radius 3 is 2.51 bits per heavy atom. The molecule has 35 heavy (non-hydrogen) atoms. The molecule has 1 aliphatic rings. The monoisotopic (exact) mass is 500 g/mol. The minimum absolute atomic E-state index is 0.00425. The SMILES string of the molecule is CCCCc1ccc(NS(=O)(=O)c2cc(C(=O)OCC(=O)N3CCCCC3CC)ccc2C)cc1. The van der Waals surface area contributed by atoms with Gasteiger partial charge in [0.1, 0.15) is 0 Å². The lowest BCUT2D eigenvalue weighted by molar-refractivity contribution is -0.138. The molecule has 0 aliphatic carbocycles. The van der Waals surface area contributed by atoms with E-state index in [1.165, 1.54) is 12.1 Å². The van der Waals surface area contributed by atoms with Crippen molar-refractivity contribution in [3.63, 3.8) is 0 Å². The predicted molar refractivity (Wildman–Crippen MR) is 137 cm³/mol. The van der Waals surface area contributed by atoms with Gasteiger partial charge >= 0.3 is 5.97 Å². The van der Waals surface area contributed by atoms with Crippen molar-refractivity contribution in [2.75, 3.05) is 17.9 Å². The highest BCUT2D eigenvalue weighted by molar-refractivity contribution is 7.92. The molecule has 8 heteroatoms. The molecule has 0 saturated carbocycles. The van der Waals surface area contributed by atoms with Crippen LogP contribution in [0.15, 0.2) is 47.4 Å². The van der Waals surface area contributed by atoms with Crippen LogP contribution in [0.5, 0.6) is 0 Å². The molecular formula is C27H36N2O5S. The van der Waals surface area contributed by atoms with Gasteiger partial charge < -0.3 is 9.64 Å². The molecule has 1 amide bonds. The van der Waals surface area contributed by atoms with E-state index in [0.717, 1.165) is 50.5 Å². The van der Waals surface area contributed by atoms with Gasteiger partial charge in [0.2, 0.25) is 0 Å². The highest BCUT2D eigenvalue weighted by Crippen LogP contribution is 2.23. The Kier molecular flexibility index (Phi) is 9.32. The van der Waals surface area contributed by atoms with Crippen LogP contribution in [0.1, 0.15) is 73.9 Å². The number of esters is 1. The van der Waals surface area contributed by atoms with Gasteiger partial charge in [0.15, 0.2) is 6.61 Å². The summed E-state index contributed by atoms with van der Waals surface area (Å²) >= 11 is 0. The van der Waals surface area contributed by atoms with Crippen LogP contribution >= 0.6 is 0 Å². The second kappa shape index (κ2) is 12.2. The number of ether oxygens (including phenoxy) is 1. The number of amides is 1. The van der Waals surface area contributed by atoms with Crippen molar-refractivity contribution in [3.8, 4) is 0 Å². The van der Waals surface area contributed by atoms with E-state index in [-0.39, 0.29) is 29.0 Å². The zero-order chi connectivity index (χ0) is 25.4. The van der Waals surface area contributed by atoms with Gasteiger partial charge in [0.05, 0.1) is 10.5 Å². The number of likely N-dealkylation sites (tertiary alicyclic amines) is 1. The van der Waals surface area contributed by atoms with Gasteiger partial charge in [-0.25, -0.2) is 13.2 Å². The number of anilines is 1. The van der Waals surface area contributed by atoms with Crippen molar-refractivity contribution in [2.24, 2.45) is 0 Å². The number of sulfonamides is 1. The van der Waals surface area contributed by atoms with Crippen LogP contribution in [0.4, 0.5) is 5.69 Å². The van der Waals surface area contributed by atoms with Gasteiger partial charge in [-0.2, -0.15) is 0 Å². The number of nitrogens with zero attached hydrogens (tertiary/aromatic N) is 1. The molecule has 1 heterocycles. The third kappa shape index (κ3) is 7.07. The molecule has 1 saturated heterocycles. The zero-order valence-electron chi connectivity index (χ0n) is 20.9. The maximum Gasteiger partial charge on any atom is 0.338 e. The van der Waals surface area contributed by atoms with Crippen molar-refractivity contribution in [2.45, 2.75) is 76.7 Å². The van der Waals surface area contributed by atoms with Crippen LogP contribution in [-0.4, -0.2) is 44.4 Å². The van der Waals surface area contributed by atoms with Crippen LogP contribution in [0, 0.1) is 6.92 Å². The first-order chi connectivity index (χ1) is 16.7. The minimum atomic E-state index is -3.92. The molecule has 2 aromatic rings. The van der Waals surface area contributed by atoms with Crippen molar-refractivity contribution in [3.05, 3.63) is 59.2 Å². The standard InChI is InChI=1S/C27H36N2O5S/c1-4-6-9-21-12-15-23(16-13-21)28-35(32,33)25-18-22(14-11-20(25)3)27(31)34-19-26(30)29-17-8-7-10-24(29)5-2/h11-16,18,24,28H,4-10,17,19H2,1-3H3. The largest absolute Gasteiger partial charge is 0.452 e. The van der Waals surface area contributed by atoms with Crippen LogP contribution in [-0.2, 0) is 26.0 Å². The Morgan fingerprint density at radius 1 is 1.09 bits per heavy atom. The molecular weight excluding hydrogens is 464 g/mol. The fraction of sp³-hybridized carbons (Fsp3) is 0.481. The number of carbonyl (C=O) groups excluding carboxylic acids is 2. The summed E-state index contributed by atoms with van der Waals surface area (Å²) in [4.78, 5) is 27.0. The summed E-state index contributed by atoms with van der Waals surface area (Å²) in [6.45, 7) is 6.16. The van der Waals surface area contributed by atoms with E-state index in [1.807, 2.05) is 19.1 Å². The van der Waals surface area contributed by atoms with Crippen LogP contribution in [0.2, 0.25) is 0 Å². The molecule has 190 valence electrons. The quantitative estimate of drug-likeness (QED) is 0.459. The predicted octanol–water partition coefficient (Wildman–Crippen LogP) is 5.09. The van der Waals surface area contributed by atoms with Gasteiger partial charge in [-0.3, -0.25) is 9.52 Å². The summed E-state index contributed by atoms with van der Waals surface area (Å²) in [7, 11) is -3.92. The molecule has 7 nitrogen and oxygen atoms in total. The first-order valence-corrected chi connectivity index (χ1v) is 13.9. The van der Waals surface area contributed by atoms with E-state index in [4.69, 9.17) is 4.74 Å². The van der Waals surface area contributed by atoms with Crippen LogP contribution in [0.3, 0.4) is 0 Å². The molecule has 1 N–H and O–H groups in total. The lowest BCUT2D eigenvalue weighted by Crippen LogP contribution is -2.45. The summed E-state index contributed by atoms with van der Waals surface area (Å²) in [5.41, 5.74) is 2.20. The number of aryl methyl sites for hydroxylation is 2. The second-order valence-corrected chi connectivity index (χ2v) is 10.8. The first kappa shape index (κ1) is 26.7. The van der Waals surface area contributed by atoms with Gasteiger partial charge in [0, 0.05) is 18.3 Å². The Labute approximate surface area is 208 Å². The fourth-order valence-corrected chi connectivity index (χ4v) is 5.72. The van der Waals surface area contributed by atoms with E-state index in [1.54, 1.807) is 30.0 Å². The normalized spacial score (nSPS) is 16.1. The summed E-state index contributed by atoms with van der Waals surface area (Å²) in [6.07, 6.45) is 7.00. The number of nitrogens with one attached hydrogen (secondary N) is 1. The third-order valence-electron chi connectivity index (χ3n) is 6.48. The number of carbonyl (C=O) groups is 2. The molecule has 3 rings (SSSR count).